The van der Waals surface area contributed by atoms with E-state index in [0.29, 0.717) is 28.8 Å². The van der Waals surface area contributed by atoms with Crippen LogP contribution in [0.5, 0.6) is 5.75 Å². The number of nitrogens with zero attached hydrogens (tertiary/aromatic N) is 6. The van der Waals surface area contributed by atoms with Gasteiger partial charge in [-0.3, -0.25) is 4.79 Å². The maximum absolute atomic E-state index is 12.8. The van der Waals surface area contributed by atoms with Gasteiger partial charge in [-0.25, -0.2) is 4.98 Å². The van der Waals surface area contributed by atoms with Crippen LogP contribution in [0.4, 0.5) is 5.69 Å². The molecule has 1 saturated carbocycles. The number of aromatic nitrogens is 4. The van der Waals surface area contributed by atoms with Crippen molar-refractivity contribution in [3.8, 4) is 5.75 Å². The second-order valence-electron chi connectivity index (χ2n) is 11.6. The SMILES string of the molecule is Cc1nc2nc(C)c(OC3CCN(c4ccc(C5CC(C(=O)N6CC7(COC7)C6)C5)cc4)C3)c(C)n2n1. The second-order valence-corrected chi connectivity index (χ2v) is 11.6. The molecule has 1 aromatic carbocycles. The smallest absolute Gasteiger partial charge is 0.253 e. The van der Waals surface area contributed by atoms with Gasteiger partial charge in [0.15, 0.2) is 5.75 Å². The first-order valence-electron chi connectivity index (χ1n) is 13.5. The number of likely N-dealkylation sites (tertiary alicyclic amines) is 1. The van der Waals surface area contributed by atoms with Crippen molar-refractivity contribution in [1.82, 2.24) is 24.5 Å². The third-order valence-corrected chi connectivity index (χ3v) is 8.77. The Hall–Kier alpha value is -3.20. The first kappa shape index (κ1) is 23.0. The quantitative estimate of drug-likeness (QED) is 0.530. The molecule has 0 N–H and O–H groups in total. The van der Waals surface area contributed by atoms with E-state index >= 15 is 0 Å². The molecule has 2 aromatic heterocycles. The first-order chi connectivity index (χ1) is 17.9. The van der Waals surface area contributed by atoms with Gasteiger partial charge in [-0.05, 0) is 57.2 Å². The van der Waals surface area contributed by atoms with Gasteiger partial charge in [0.2, 0.25) is 5.91 Å². The Bertz CT molecular complexity index is 1350. The standard InChI is InChI=1S/C28H34N6O3/c1-17-25(18(2)34-27(29-17)30-19(3)31-34)37-24-8-9-32(12-24)23-6-4-20(5-7-23)21-10-22(11-21)26(35)33-13-28(14-33)15-36-16-28/h4-7,21-22,24H,8-16H2,1-3H3. The minimum absolute atomic E-state index is 0.103. The Morgan fingerprint density at radius 1 is 1.08 bits per heavy atom. The number of amides is 1. The number of carbonyl (C=O) groups excluding carboxylic acids is 1. The summed E-state index contributed by atoms with van der Waals surface area (Å²) in [5, 5.41) is 4.45. The number of ether oxygens (including phenoxy) is 2. The third-order valence-electron chi connectivity index (χ3n) is 8.77. The van der Waals surface area contributed by atoms with Crippen molar-refractivity contribution in [1.29, 1.82) is 0 Å². The van der Waals surface area contributed by atoms with E-state index in [4.69, 9.17) is 9.47 Å². The lowest BCUT2D eigenvalue weighted by atomic mass is 9.69. The summed E-state index contributed by atoms with van der Waals surface area (Å²) in [5.74, 6) is 3.18. The van der Waals surface area contributed by atoms with Gasteiger partial charge in [-0.2, -0.15) is 9.50 Å². The lowest BCUT2D eigenvalue weighted by Crippen LogP contribution is -2.68. The predicted molar refractivity (Wildman–Crippen MR) is 138 cm³/mol. The fourth-order valence-corrected chi connectivity index (χ4v) is 6.46. The molecule has 4 aliphatic rings. The Kier molecular flexibility index (Phi) is 5.22. The molecule has 1 aliphatic carbocycles. The van der Waals surface area contributed by atoms with Crippen LogP contribution in [-0.4, -0.2) is 75.9 Å². The van der Waals surface area contributed by atoms with Crippen LogP contribution in [0.15, 0.2) is 24.3 Å². The molecule has 0 radical (unpaired) electrons. The first-order valence-corrected chi connectivity index (χ1v) is 13.5. The highest BCUT2D eigenvalue weighted by molar-refractivity contribution is 5.81. The summed E-state index contributed by atoms with van der Waals surface area (Å²) in [5.41, 5.74) is 4.66. The van der Waals surface area contributed by atoms with Gasteiger partial charge in [0, 0.05) is 37.7 Å². The molecule has 0 bridgehead atoms. The summed E-state index contributed by atoms with van der Waals surface area (Å²) in [6.45, 7) is 11.1. The molecule has 1 unspecified atom stereocenters. The lowest BCUT2D eigenvalue weighted by molar-refractivity contribution is -0.199. The normalized spacial score (nSPS) is 26.2. The fraction of sp³-hybridized carbons (Fsp3) is 0.571. The Labute approximate surface area is 216 Å². The average Bonchev–Trinajstić information content (AvgIpc) is 3.40. The van der Waals surface area contributed by atoms with Crippen LogP contribution in [-0.2, 0) is 9.53 Å². The summed E-state index contributed by atoms with van der Waals surface area (Å²) in [4.78, 5) is 26.2. The van der Waals surface area contributed by atoms with Crippen LogP contribution in [0.1, 0.15) is 48.0 Å². The van der Waals surface area contributed by atoms with E-state index in [1.54, 1.807) is 4.52 Å². The highest BCUT2D eigenvalue weighted by Gasteiger charge is 2.52. The summed E-state index contributed by atoms with van der Waals surface area (Å²) in [6.07, 6.45) is 3.01. The van der Waals surface area contributed by atoms with Crippen LogP contribution in [0.2, 0.25) is 0 Å². The molecular weight excluding hydrogens is 468 g/mol. The summed E-state index contributed by atoms with van der Waals surface area (Å²) < 4.78 is 13.5. The van der Waals surface area contributed by atoms with Gasteiger partial charge in [0.1, 0.15) is 11.9 Å². The van der Waals surface area contributed by atoms with Crippen LogP contribution in [0, 0.1) is 32.1 Å². The highest BCUT2D eigenvalue weighted by atomic mass is 16.5. The molecule has 3 aromatic rings. The fourth-order valence-electron chi connectivity index (χ4n) is 6.46. The van der Waals surface area contributed by atoms with Gasteiger partial charge >= 0.3 is 0 Å². The predicted octanol–water partition coefficient (Wildman–Crippen LogP) is 3.06. The molecule has 4 fully saturated rings. The van der Waals surface area contributed by atoms with Crippen LogP contribution in [0.3, 0.4) is 0 Å². The van der Waals surface area contributed by atoms with Crippen molar-refractivity contribution >= 4 is 17.4 Å². The molecule has 5 heterocycles. The molecule has 3 saturated heterocycles. The third kappa shape index (κ3) is 3.86. The number of hydrogen-bond acceptors (Lipinski definition) is 7. The number of carbonyl (C=O) groups is 1. The van der Waals surface area contributed by atoms with Crippen molar-refractivity contribution < 1.29 is 14.3 Å². The van der Waals surface area contributed by atoms with Crippen molar-refractivity contribution in [2.75, 3.05) is 44.3 Å². The van der Waals surface area contributed by atoms with Crippen LogP contribution in [0.25, 0.3) is 5.78 Å². The van der Waals surface area contributed by atoms with Gasteiger partial charge in [-0.1, -0.05) is 12.1 Å². The summed E-state index contributed by atoms with van der Waals surface area (Å²) in [6, 6.07) is 8.95. The lowest BCUT2D eigenvalue weighted by Gasteiger charge is -2.56. The van der Waals surface area contributed by atoms with Gasteiger partial charge in [0.05, 0.1) is 36.6 Å². The zero-order chi connectivity index (χ0) is 25.3. The highest BCUT2D eigenvalue weighted by Crippen LogP contribution is 2.46. The van der Waals surface area contributed by atoms with Gasteiger partial charge in [-0.15, -0.1) is 5.10 Å². The van der Waals surface area contributed by atoms with Gasteiger partial charge < -0.3 is 19.3 Å². The van der Waals surface area contributed by atoms with E-state index in [9.17, 15) is 4.79 Å². The summed E-state index contributed by atoms with van der Waals surface area (Å²) >= 11 is 0. The molecule has 7 rings (SSSR count). The Morgan fingerprint density at radius 2 is 1.84 bits per heavy atom. The number of rotatable bonds is 5. The van der Waals surface area contributed by atoms with Gasteiger partial charge in [0.25, 0.3) is 5.78 Å². The number of benzene rings is 1. The molecule has 194 valence electrons. The molecule has 9 nitrogen and oxygen atoms in total. The van der Waals surface area contributed by atoms with E-state index in [1.807, 2.05) is 25.7 Å². The Balaban J connectivity index is 0.940. The van der Waals surface area contributed by atoms with E-state index < -0.39 is 0 Å². The maximum atomic E-state index is 12.8. The van der Waals surface area contributed by atoms with Crippen molar-refractivity contribution in [3.63, 3.8) is 0 Å². The van der Waals surface area contributed by atoms with Crippen LogP contribution >= 0.6 is 0 Å². The monoisotopic (exact) mass is 502 g/mol. The minimum atomic E-state index is 0.103. The molecule has 37 heavy (non-hydrogen) atoms. The zero-order valence-corrected chi connectivity index (χ0v) is 21.8. The number of aryl methyl sites for hydroxylation is 3. The van der Waals surface area contributed by atoms with E-state index in [-0.39, 0.29) is 12.0 Å². The van der Waals surface area contributed by atoms with E-state index in [1.165, 1.54) is 11.3 Å². The molecule has 3 aliphatic heterocycles. The van der Waals surface area contributed by atoms with E-state index in [0.717, 1.165) is 75.8 Å². The Morgan fingerprint density at radius 3 is 2.54 bits per heavy atom. The van der Waals surface area contributed by atoms with Crippen molar-refractivity contribution in [2.24, 2.45) is 11.3 Å². The summed E-state index contributed by atoms with van der Waals surface area (Å²) in [7, 11) is 0. The molecule has 9 heteroatoms. The minimum Gasteiger partial charge on any atom is -0.485 e. The largest absolute Gasteiger partial charge is 0.485 e. The second kappa shape index (κ2) is 8.41. The topological polar surface area (TPSA) is 85.1 Å². The van der Waals surface area contributed by atoms with Crippen molar-refractivity contribution in [2.45, 2.75) is 52.1 Å². The van der Waals surface area contributed by atoms with E-state index in [2.05, 4.69) is 44.2 Å². The van der Waals surface area contributed by atoms with Crippen LogP contribution < -0.4 is 9.64 Å². The number of anilines is 1. The number of hydrogen-bond donors (Lipinski definition) is 0. The molecular formula is C28H34N6O3. The number of fused-ring (bicyclic) bond motifs is 1. The van der Waals surface area contributed by atoms with Crippen molar-refractivity contribution in [3.05, 3.63) is 47.0 Å². The maximum Gasteiger partial charge on any atom is 0.253 e. The molecule has 1 spiro atoms. The molecule has 1 amide bonds. The average molecular weight is 503 g/mol. The zero-order valence-electron chi connectivity index (χ0n) is 21.8. The molecule has 1 atom stereocenters.